The number of alkyl halides is 3. The van der Waals surface area contributed by atoms with E-state index in [1.54, 1.807) is 19.1 Å². The zero-order valence-corrected chi connectivity index (χ0v) is 19.0. The summed E-state index contributed by atoms with van der Waals surface area (Å²) in [5, 5.41) is 13.1. The molecule has 0 aliphatic heterocycles. The molecular weight excluding hydrogens is 487 g/mol. The number of pyridine rings is 1. The molecule has 0 spiro atoms. The van der Waals surface area contributed by atoms with E-state index in [-0.39, 0.29) is 33.5 Å². The number of nitrogens with one attached hydrogen (secondary N) is 2. The van der Waals surface area contributed by atoms with Gasteiger partial charge in [0.2, 0.25) is 0 Å². The van der Waals surface area contributed by atoms with Gasteiger partial charge in [-0.1, -0.05) is 11.6 Å². The lowest BCUT2D eigenvalue weighted by Crippen LogP contribution is -2.24. The smallest absolute Gasteiger partial charge is 0.355 e. The van der Waals surface area contributed by atoms with Gasteiger partial charge in [0.15, 0.2) is 11.5 Å². The Balaban J connectivity index is 1.73. The zero-order chi connectivity index (χ0) is 25.3. The van der Waals surface area contributed by atoms with Gasteiger partial charge in [-0.25, -0.2) is 14.3 Å². The molecule has 0 aliphatic rings. The van der Waals surface area contributed by atoms with Crippen molar-refractivity contribution < 1.29 is 22.8 Å². The Morgan fingerprint density at radius 3 is 2.51 bits per heavy atom. The van der Waals surface area contributed by atoms with Crippen LogP contribution < -0.4 is 10.6 Å². The van der Waals surface area contributed by atoms with E-state index in [1.165, 1.54) is 42.3 Å². The molecule has 35 heavy (non-hydrogen) atoms. The molecule has 0 unspecified atom stereocenters. The Labute approximate surface area is 201 Å². The summed E-state index contributed by atoms with van der Waals surface area (Å²) in [6, 6.07) is 8.34. The average Bonchev–Trinajstić information content (AvgIpc) is 3.50. The van der Waals surface area contributed by atoms with Crippen LogP contribution in [0.5, 0.6) is 0 Å². The largest absolute Gasteiger partial charge is 0.435 e. The van der Waals surface area contributed by atoms with E-state index in [9.17, 15) is 22.8 Å². The van der Waals surface area contributed by atoms with Crippen LogP contribution in [0, 0.1) is 6.92 Å². The van der Waals surface area contributed by atoms with Crippen LogP contribution in [0.25, 0.3) is 11.5 Å². The SMILES string of the molecule is CNC(=O)c1cc(-n2ccc(C(F)(F)F)n2)cc(C)c1NC(=O)c1ccnn1-c1ncccc1Cl. The number of halogens is 4. The maximum atomic E-state index is 13.1. The van der Waals surface area contributed by atoms with Crippen LogP contribution in [0.1, 0.15) is 32.1 Å². The van der Waals surface area contributed by atoms with Crippen molar-refractivity contribution in [2.45, 2.75) is 13.1 Å². The van der Waals surface area contributed by atoms with Crippen LogP contribution in [0.4, 0.5) is 18.9 Å². The summed E-state index contributed by atoms with van der Waals surface area (Å²) in [4.78, 5) is 29.9. The minimum absolute atomic E-state index is 0.0295. The topological polar surface area (TPSA) is 107 Å². The number of amides is 2. The van der Waals surface area contributed by atoms with E-state index in [0.717, 1.165) is 16.9 Å². The molecule has 3 aromatic heterocycles. The van der Waals surface area contributed by atoms with Gasteiger partial charge in [-0.2, -0.15) is 23.4 Å². The molecule has 13 heteroatoms. The second kappa shape index (κ2) is 9.22. The summed E-state index contributed by atoms with van der Waals surface area (Å²) in [5.74, 6) is -0.930. The molecule has 2 N–H and O–H groups in total. The van der Waals surface area contributed by atoms with Gasteiger partial charge < -0.3 is 10.6 Å². The van der Waals surface area contributed by atoms with Gasteiger partial charge in [0.25, 0.3) is 11.8 Å². The number of hydrogen-bond donors (Lipinski definition) is 2. The zero-order valence-electron chi connectivity index (χ0n) is 18.3. The van der Waals surface area contributed by atoms with Crippen LogP contribution >= 0.6 is 11.6 Å². The van der Waals surface area contributed by atoms with Gasteiger partial charge in [0.1, 0.15) is 5.69 Å². The van der Waals surface area contributed by atoms with Crippen LogP contribution in [0.15, 0.2) is 55.0 Å². The molecule has 0 aliphatic carbocycles. The molecule has 4 aromatic rings. The number of aromatic nitrogens is 5. The fourth-order valence-electron chi connectivity index (χ4n) is 3.35. The van der Waals surface area contributed by atoms with Crippen molar-refractivity contribution in [3.63, 3.8) is 0 Å². The number of carbonyl (C=O) groups is 2. The molecule has 9 nitrogen and oxygen atoms in total. The molecule has 0 fully saturated rings. The number of benzene rings is 1. The highest BCUT2D eigenvalue weighted by molar-refractivity contribution is 6.32. The van der Waals surface area contributed by atoms with Crippen molar-refractivity contribution in [1.82, 2.24) is 29.9 Å². The first-order valence-electron chi connectivity index (χ1n) is 10.1. The molecule has 0 atom stereocenters. The number of anilines is 1. The average molecular weight is 504 g/mol. The minimum Gasteiger partial charge on any atom is -0.355 e. The Morgan fingerprint density at radius 2 is 1.86 bits per heavy atom. The monoisotopic (exact) mass is 503 g/mol. The summed E-state index contributed by atoms with van der Waals surface area (Å²) < 4.78 is 41.2. The van der Waals surface area contributed by atoms with Crippen molar-refractivity contribution in [3.8, 4) is 11.5 Å². The fraction of sp³-hybridized carbons (Fsp3) is 0.136. The number of carbonyl (C=O) groups excluding carboxylic acids is 2. The van der Waals surface area contributed by atoms with Gasteiger partial charge in [0.05, 0.1) is 28.2 Å². The number of hydrogen-bond acceptors (Lipinski definition) is 5. The second-order valence-corrected chi connectivity index (χ2v) is 7.71. The molecule has 0 radical (unpaired) electrons. The lowest BCUT2D eigenvalue weighted by Gasteiger charge is -2.16. The van der Waals surface area contributed by atoms with Crippen molar-refractivity contribution in [2.75, 3.05) is 12.4 Å². The summed E-state index contributed by atoms with van der Waals surface area (Å²) in [5.41, 5.74) is -0.155. The Hall–Kier alpha value is -4.19. The molecule has 0 bridgehead atoms. The summed E-state index contributed by atoms with van der Waals surface area (Å²) >= 11 is 6.18. The first-order chi connectivity index (χ1) is 16.6. The minimum atomic E-state index is -4.61. The van der Waals surface area contributed by atoms with Crippen molar-refractivity contribution in [3.05, 3.63) is 82.5 Å². The highest BCUT2D eigenvalue weighted by Crippen LogP contribution is 2.30. The van der Waals surface area contributed by atoms with E-state index in [4.69, 9.17) is 11.6 Å². The van der Waals surface area contributed by atoms with Gasteiger partial charge in [-0.15, -0.1) is 0 Å². The summed E-state index contributed by atoms with van der Waals surface area (Å²) in [6.07, 6.45) is -0.585. The lowest BCUT2D eigenvalue weighted by atomic mass is 10.1. The quantitative estimate of drug-likeness (QED) is 0.427. The number of nitrogens with zero attached hydrogens (tertiary/aromatic N) is 5. The van der Waals surface area contributed by atoms with Gasteiger partial charge in [0, 0.05) is 19.4 Å². The molecule has 3 heterocycles. The predicted molar refractivity (Wildman–Crippen MR) is 121 cm³/mol. The van der Waals surface area contributed by atoms with Gasteiger partial charge in [-0.05, 0) is 48.9 Å². The Bertz CT molecular complexity index is 1430. The van der Waals surface area contributed by atoms with E-state index < -0.39 is 23.7 Å². The van der Waals surface area contributed by atoms with Crippen LogP contribution in [-0.4, -0.2) is 43.4 Å². The first kappa shape index (κ1) is 24.0. The molecule has 180 valence electrons. The third-order valence-corrected chi connectivity index (χ3v) is 5.28. The van der Waals surface area contributed by atoms with Crippen LogP contribution in [0.2, 0.25) is 5.02 Å². The maximum absolute atomic E-state index is 13.1. The van der Waals surface area contributed by atoms with E-state index in [2.05, 4.69) is 25.8 Å². The van der Waals surface area contributed by atoms with Crippen molar-refractivity contribution in [1.29, 1.82) is 0 Å². The number of aryl methyl sites for hydroxylation is 1. The van der Waals surface area contributed by atoms with E-state index in [1.807, 2.05) is 0 Å². The molecule has 0 saturated carbocycles. The standard InChI is InChI=1S/C22H17ClF3N7O2/c1-12-10-13(32-9-6-17(31-32)22(24,25)26)11-14(20(34)27-2)18(12)30-21(35)16-5-8-29-33(16)19-15(23)4-3-7-28-19/h3-11H,1-2H3,(H,27,34)(H,30,35). The lowest BCUT2D eigenvalue weighted by molar-refractivity contribution is -0.141. The highest BCUT2D eigenvalue weighted by atomic mass is 35.5. The molecule has 0 saturated heterocycles. The van der Waals surface area contributed by atoms with Crippen molar-refractivity contribution >= 4 is 29.1 Å². The highest BCUT2D eigenvalue weighted by Gasteiger charge is 2.33. The molecule has 2 amide bonds. The summed E-state index contributed by atoms with van der Waals surface area (Å²) in [6.45, 7) is 1.60. The maximum Gasteiger partial charge on any atom is 0.435 e. The predicted octanol–water partition coefficient (Wildman–Crippen LogP) is 4.05. The number of rotatable bonds is 5. The third kappa shape index (κ3) is 4.73. The first-order valence-corrected chi connectivity index (χ1v) is 10.4. The van der Waals surface area contributed by atoms with Gasteiger partial charge >= 0.3 is 6.18 Å². The van der Waals surface area contributed by atoms with E-state index in [0.29, 0.717) is 5.56 Å². The van der Waals surface area contributed by atoms with Gasteiger partial charge in [-0.3, -0.25) is 9.59 Å². The van der Waals surface area contributed by atoms with Crippen molar-refractivity contribution in [2.24, 2.45) is 0 Å². The molecule has 4 rings (SSSR count). The third-order valence-electron chi connectivity index (χ3n) is 4.99. The van der Waals surface area contributed by atoms with Crippen LogP contribution in [-0.2, 0) is 6.18 Å². The molecular formula is C22H17ClF3N7O2. The molecule has 1 aromatic carbocycles. The normalized spacial score (nSPS) is 11.4. The van der Waals surface area contributed by atoms with E-state index >= 15 is 0 Å². The Kier molecular flexibility index (Phi) is 6.31. The fourth-order valence-corrected chi connectivity index (χ4v) is 3.56. The summed E-state index contributed by atoms with van der Waals surface area (Å²) in [7, 11) is 1.39. The Morgan fingerprint density at radius 1 is 1.09 bits per heavy atom. The second-order valence-electron chi connectivity index (χ2n) is 7.30. The van der Waals surface area contributed by atoms with Crippen LogP contribution in [0.3, 0.4) is 0 Å².